The number of nitrogens with zero attached hydrogens (tertiary/aromatic N) is 1. The number of nitrogens with one attached hydrogen (secondary N) is 1. The first kappa shape index (κ1) is 24.5. The van der Waals surface area contributed by atoms with Gasteiger partial charge in [0.05, 0.1) is 36.5 Å². The van der Waals surface area contributed by atoms with Crippen molar-refractivity contribution >= 4 is 29.4 Å². The number of ether oxygens (including phenoxy) is 1. The van der Waals surface area contributed by atoms with Gasteiger partial charge in [0.2, 0.25) is 0 Å². The van der Waals surface area contributed by atoms with Crippen LogP contribution < -0.4 is 5.32 Å². The number of thioether (sulfide) groups is 1. The molecule has 166 valence electrons. The van der Waals surface area contributed by atoms with Gasteiger partial charge < -0.3 is 15.2 Å². The maximum Gasteiger partial charge on any atom is 0.305 e. The van der Waals surface area contributed by atoms with Crippen LogP contribution in [0.25, 0.3) is 0 Å². The number of carbonyl (C=O) groups is 3. The summed E-state index contributed by atoms with van der Waals surface area (Å²) in [4.78, 5) is 40.3. The van der Waals surface area contributed by atoms with Gasteiger partial charge in [0, 0.05) is 18.1 Å². The Labute approximate surface area is 184 Å². The fourth-order valence-corrected chi connectivity index (χ4v) is 3.50. The van der Waals surface area contributed by atoms with Crippen molar-refractivity contribution in [2.24, 2.45) is 0 Å². The van der Waals surface area contributed by atoms with Gasteiger partial charge in [-0.2, -0.15) is 0 Å². The molecule has 1 atom stereocenters. The Morgan fingerprint density at radius 1 is 1.16 bits per heavy atom. The first-order valence-electron chi connectivity index (χ1n) is 9.67. The molecule has 2 aromatic rings. The van der Waals surface area contributed by atoms with Crippen molar-refractivity contribution in [3.63, 3.8) is 0 Å². The highest BCUT2D eigenvalue weighted by atomic mass is 32.2. The van der Waals surface area contributed by atoms with Gasteiger partial charge in [0.15, 0.2) is 5.78 Å². The number of Topliss-reactive ketones (excluding diaryl/α,β-unsaturated/α-hetero) is 1. The molecule has 0 saturated carbocycles. The maximum absolute atomic E-state index is 13.0. The minimum Gasteiger partial charge on any atom is -0.481 e. The zero-order valence-electron chi connectivity index (χ0n) is 17.3. The number of carboxylic acid groups (broad SMARTS) is 1. The highest BCUT2D eigenvalue weighted by Gasteiger charge is 2.24. The molecule has 1 aromatic carbocycles. The fraction of sp³-hybridized carbons (Fsp3) is 0.364. The molecule has 0 bridgehead atoms. The number of rotatable bonds is 12. The number of carbonyl (C=O) groups excluding carboxylic acids is 2. The standard InChI is InChI=1S/C22H25FN2O5S/c1-14(2)30-11-16-7-17(10-24-9-16)22(29)25-19(8-21(27)28)20(26)13-31-12-15-3-5-18(23)6-4-15/h3-7,9-10,14,19H,8,11-13H2,1-2H3,(H,25,29)(H,27,28)/t19-/m0/s1. The van der Waals surface area contributed by atoms with E-state index >= 15 is 0 Å². The van der Waals surface area contributed by atoms with E-state index in [1.54, 1.807) is 24.4 Å². The lowest BCUT2D eigenvalue weighted by Gasteiger charge is -2.16. The van der Waals surface area contributed by atoms with Crippen molar-refractivity contribution in [3.05, 3.63) is 65.2 Å². The topological polar surface area (TPSA) is 106 Å². The fourth-order valence-electron chi connectivity index (χ4n) is 2.57. The molecule has 0 unspecified atom stereocenters. The smallest absolute Gasteiger partial charge is 0.305 e. The molecule has 1 amide bonds. The SMILES string of the molecule is CC(C)OCc1cncc(C(=O)N[C@@H](CC(=O)O)C(=O)CSCc2ccc(F)cc2)c1. The van der Waals surface area contributed by atoms with E-state index < -0.39 is 30.1 Å². The zero-order valence-corrected chi connectivity index (χ0v) is 18.2. The van der Waals surface area contributed by atoms with Crippen LogP contribution >= 0.6 is 11.8 Å². The van der Waals surface area contributed by atoms with Crippen LogP contribution in [0.1, 0.15) is 41.8 Å². The highest BCUT2D eigenvalue weighted by Crippen LogP contribution is 2.14. The summed E-state index contributed by atoms with van der Waals surface area (Å²) < 4.78 is 18.5. The van der Waals surface area contributed by atoms with E-state index in [0.717, 1.165) is 5.56 Å². The van der Waals surface area contributed by atoms with Crippen LogP contribution in [0.3, 0.4) is 0 Å². The third-order valence-electron chi connectivity index (χ3n) is 4.14. The summed E-state index contributed by atoms with van der Waals surface area (Å²) in [5.41, 5.74) is 1.74. The van der Waals surface area contributed by atoms with Crippen molar-refractivity contribution in [1.29, 1.82) is 0 Å². The minimum absolute atomic E-state index is 0.0100. The van der Waals surface area contributed by atoms with Gasteiger partial charge in [0.1, 0.15) is 5.82 Å². The van der Waals surface area contributed by atoms with E-state index in [0.29, 0.717) is 11.3 Å². The van der Waals surface area contributed by atoms with Crippen LogP contribution in [0, 0.1) is 5.82 Å². The summed E-state index contributed by atoms with van der Waals surface area (Å²) >= 11 is 1.27. The van der Waals surface area contributed by atoms with Crippen LogP contribution in [0.5, 0.6) is 0 Å². The molecule has 0 aliphatic rings. The van der Waals surface area contributed by atoms with E-state index in [1.165, 1.54) is 30.1 Å². The first-order valence-corrected chi connectivity index (χ1v) is 10.8. The van der Waals surface area contributed by atoms with Crippen LogP contribution in [-0.4, -0.2) is 45.6 Å². The lowest BCUT2D eigenvalue weighted by molar-refractivity contribution is -0.139. The molecule has 1 heterocycles. The summed E-state index contributed by atoms with van der Waals surface area (Å²) in [6.07, 6.45) is 2.42. The van der Waals surface area contributed by atoms with Gasteiger partial charge in [0.25, 0.3) is 5.91 Å². The molecule has 9 heteroatoms. The first-order chi connectivity index (χ1) is 14.7. The molecule has 1 aromatic heterocycles. The average molecular weight is 449 g/mol. The summed E-state index contributed by atoms with van der Waals surface area (Å²) in [6.45, 7) is 4.06. The monoisotopic (exact) mass is 448 g/mol. The number of amides is 1. The molecule has 0 fully saturated rings. The van der Waals surface area contributed by atoms with E-state index in [9.17, 15) is 18.8 Å². The zero-order chi connectivity index (χ0) is 22.8. The third-order valence-corrected chi connectivity index (χ3v) is 5.17. The van der Waals surface area contributed by atoms with Gasteiger partial charge in [-0.3, -0.25) is 19.4 Å². The second-order valence-corrected chi connectivity index (χ2v) is 8.14. The molecule has 0 spiro atoms. The number of ketones is 1. The molecule has 0 saturated heterocycles. The second-order valence-electron chi connectivity index (χ2n) is 7.15. The van der Waals surface area contributed by atoms with E-state index in [-0.39, 0.29) is 29.8 Å². The Morgan fingerprint density at radius 2 is 1.87 bits per heavy atom. The van der Waals surface area contributed by atoms with Gasteiger partial charge in [-0.25, -0.2) is 4.39 Å². The second kappa shape index (κ2) is 12.2. The summed E-state index contributed by atoms with van der Waals surface area (Å²) in [5, 5.41) is 11.6. The summed E-state index contributed by atoms with van der Waals surface area (Å²) in [5.74, 6) is -2.06. The molecule has 7 nitrogen and oxygen atoms in total. The number of hydrogen-bond donors (Lipinski definition) is 2. The number of aliphatic carboxylic acids is 1. The Kier molecular flexibility index (Phi) is 9.61. The Morgan fingerprint density at radius 3 is 2.52 bits per heavy atom. The van der Waals surface area contributed by atoms with Crippen LogP contribution in [0.4, 0.5) is 4.39 Å². The lowest BCUT2D eigenvalue weighted by Crippen LogP contribution is -2.43. The Hall–Kier alpha value is -2.78. The Bertz CT molecular complexity index is 905. The molecule has 0 aliphatic carbocycles. The largest absolute Gasteiger partial charge is 0.481 e. The van der Waals surface area contributed by atoms with Crippen molar-refractivity contribution in [2.45, 2.75) is 44.8 Å². The number of aromatic nitrogens is 1. The van der Waals surface area contributed by atoms with Crippen molar-refractivity contribution in [2.75, 3.05) is 5.75 Å². The van der Waals surface area contributed by atoms with Gasteiger partial charge in [-0.1, -0.05) is 12.1 Å². The maximum atomic E-state index is 13.0. The Balaban J connectivity index is 1.97. The third kappa shape index (κ3) is 8.85. The number of benzene rings is 1. The number of halogens is 1. The molecule has 0 aliphatic heterocycles. The van der Waals surface area contributed by atoms with E-state index in [1.807, 2.05) is 13.8 Å². The van der Waals surface area contributed by atoms with Crippen molar-refractivity contribution in [1.82, 2.24) is 10.3 Å². The quantitative estimate of drug-likeness (QED) is 0.514. The predicted molar refractivity (Wildman–Crippen MR) is 115 cm³/mol. The van der Waals surface area contributed by atoms with Gasteiger partial charge >= 0.3 is 5.97 Å². The highest BCUT2D eigenvalue weighted by molar-refractivity contribution is 7.99. The van der Waals surface area contributed by atoms with Gasteiger partial charge in [-0.05, 0) is 43.2 Å². The van der Waals surface area contributed by atoms with Crippen molar-refractivity contribution in [3.8, 4) is 0 Å². The average Bonchev–Trinajstić information content (AvgIpc) is 2.73. The molecular weight excluding hydrogens is 423 g/mol. The predicted octanol–water partition coefficient (Wildman–Crippen LogP) is 3.22. The van der Waals surface area contributed by atoms with Crippen molar-refractivity contribution < 1.29 is 28.6 Å². The van der Waals surface area contributed by atoms with Crippen LogP contribution in [0.15, 0.2) is 42.7 Å². The lowest BCUT2D eigenvalue weighted by atomic mass is 10.1. The summed E-state index contributed by atoms with van der Waals surface area (Å²) in [6, 6.07) is 6.33. The molecule has 31 heavy (non-hydrogen) atoms. The molecular formula is C22H25FN2O5S. The van der Waals surface area contributed by atoms with Crippen LogP contribution in [-0.2, 0) is 26.7 Å². The number of pyridine rings is 1. The number of carboxylic acids is 1. The molecule has 2 rings (SSSR count). The normalized spacial score (nSPS) is 11.9. The minimum atomic E-state index is -1.20. The number of hydrogen-bond acceptors (Lipinski definition) is 6. The summed E-state index contributed by atoms with van der Waals surface area (Å²) in [7, 11) is 0. The van der Waals surface area contributed by atoms with E-state index in [4.69, 9.17) is 9.84 Å². The van der Waals surface area contributed by atoms with E-state index in [2.05, 4.69) is 10.3 Å². The van der Waals surface area contributed by atoms with Gasteiger partial charge in [-0.15, -0.1) is 11.8 Å². The molecule has 2 N–H and O–H groups in total. The molecule has 0 radical (unpaired) electrons. The van der Waals surface area contributed by atoms with Crippen LogP contribution in [0.2, 0.25) is 0 Å².